The minimum atomic E-state index is -0.295. The highest BCUT2D eigenvalue weighted by molar-refractivity contribution is 6.35. The van der Waals surface area contributed by atoms with Crippen LogP contribution in [-0.2, 0) is 30.9 Å². The van der Waals surface area contributed by atoms with E-state index in [1.165, 1.54) is 5.56 Å². The fourth-order valence-electron chi connectivity index (χ4n) is 3.61. The number of aryl methyl sites for hydroxylation is 2. The summed E-state index contributed by atoms with van der Waals surface area (Å²) in [7, 11) is 0. The molecule has 0 radical (unpaired) electrons. The predicted molar refractivity (Wildman–Crippen MR) is 135 cm³/mol. The normalized spacial score (nSPS) is 11.8. The van der Waals surface area contributed by atoms with Gasteiger partial charge in [0.2, 0.25) is 6.33 Å². The third-order valence-corrected chi connectivity index (χ3v) is 6.54. The van der Waals surface area contributed by atoms with Crippen molar-refractivity contribution in [2.24, 2.45) is 0 Å². The molecule has 0 aliphatic rings. The van der Waals surface area contributed by atoms with Crippen molar-refractivity contribution in [3.8, 4) is 0 Å². The molecule has 0 unspecified atom stereocenters. The van der Waals surface area contributed by atoms with Crippen LogP contribution >= 0.6 is 46.4 Å². The molecule has 0 spiro atoms. The SMILES string of the molecule is Clc1ccc(CO[C@H](C[n+]2ccn(CCc3ccccc3)c2)c2ccc(Cl)cc2Cl)c(Cl)c1.[Cl-]. The second-order valence-electron chi connectivity index (χ2n) is 7.79. The van der Waals surface area contributed by atoms with Crippen molar-refractivity contribution < 1.29 is 21.7 Å². The molecule has 4 aromatic rings. The number of aromatic nitrogens is 2. The molecule has 1 atom stereocenters. The zero-order valence-electron chi connectivity index (χ0n) is 18.2. The zero-order chi connectivity index (χ0) is 23.2. The number of nitrogens with zero attached hydrogens (tertiary/aromatic N) is 2. The van der Waals surface area contributed by atoms with E-state index in [0.717, 1.165) is 24.1 Å². The largest absolute Gasteiger partial charge is 1.00 e. The van der Waals surface area contributed by atoms with Crippen LogP contribution in [0.5, 0.6) is 0 Å². The topological polar surface area (TPSA) is 18.0 Å². The third-order valence-electron chi connectivity index (χ3n) is 5.39. The Morgan fingerprint density at radius 1 is 0.853 bits per heavy atom. The molecule has 0 bridgehead atoms. The standard InChI is InChI=1S/C26H23Cl4N2O.ClH/c27-21-7-6-20(24(29)14-21)17-33-26(23-9-8-22(28)15-25(23)30)16-32-13-12-31(18-32)11-10-19-4-2-1-3-5-19;/h1-9,12-15,18,26H,10-11,16-17H2;1H/q+1;/p-1/t26-;/m1./s1. The van der Waals surface area contributed by atoms with Gasteiger partial charge < -0.3 is 17.1 Å². The Hall–Kier alpha value is -1.72. The van der Waals surface area contributed by atoms with E-state index in [1.54, 1.807) is 18.2 Å². The average molecular weight is 557 g/mol. The number of halogens is 5. The third kappa shape index (κ3) is 7.39. The lowest BCUT2D eigenvalue weighted by atomic mass is 10.1. The van der Waals surface area contributed by atoms with Gasteiger partial charge in [-0.05, 0) is 35.4 Å². The highest BCUT2D eigenvalue weighted by atomic mass is 35.5. The van der Waals surface area contributed by atoms with Gasteiger partial charge in [-0.1, -0.05) is 88.9 Å². The maximum Gasteiger partial charge on any atom is 0.243 e. The molecular formula is C26H23Cl5N2O. The fourth-order valence-corrected chi connectivity index (χ4v) is 4.60. The lowest BCUT2D eigenvalue weighted by Gasteiger charge is -2.19. The van der Waals surface area contributed by atoms with Crippen molar-refractivity contribution in [3.63, 3.8) is 0 Å². The van der Waals surface area contributed by atoms with Crippen molar-refractivity contribution in [1.82, 2.24) is 4.57 Å². The Balaban J connectivity index is 0.00000324. The maximum absolute atomic E-state index is 6.52. The minimum Gasteiger partial charge on any atom is -1.00 e. The Kier molecular flexibility index (Phi) is 10.1. The van der Waals surface area contributed by atoms with Crippen molar-refractivity contribution >= 4 is 46.4 Å². The van der Waals surface area contributed by atoms with Crippen molar-refractivity contribution in [3.05, 3.63) is 122 Å². The molecule has 34 heavy (non-hydrogen) atoms. The molecule has 0 amide bonds. The number of hydrogen-bond acceptors (Lipinski definition) is 1. The summed E-state index contributed by atoms with van der Waals surface area (Å²) in [5.41, 5.74) is 3.05. The van der Waals surface area contributed by atoms with Crippen LogP contribution < -0.4 is 17.0 Å². The van der Waals surface area contributed by atoms with Crippen LogP contribution in [0.3, 0.4) is 0 Å². The van der Waals surface area contributed by atoms with Gasteiger partial charge >= 0.3 is 0 Å². The van der Waals surface area contributed by atoms with Gasteiger partial charge in [0.05, 0.1) is 13.2 Å². The van der Waals surface area contributed by atoms with Gasteiger partial charge in [0.15, 0.2) is 0 Å². The van der Waals surface area contributed by atoms with E-state index < -0.39 is 0 Å². The first-order chi connectivity index (χ1) is 16.0. The molecule has 0 fully saturated rings. The molecule has 8 heteroatoms. The van der Waals surface area contributed by atoms with E-state index in [1.807, 2.05) is 30.5 Å². The summed E-state index contributed by atoms with van der Waals surface area (Å²) in [5, 5.41) is 2.32. The Morgan fingerprint density at radius 3 is 2.26 bits per heavy atom. The number of rotatable bonds is 9. The Labute approximate surface area is 226 Å². The number of hydrogen-bond donors (Lipinski definition) is 0. The molecule has 1 aromatic heterocycles. The first-order valence-corrected chi connectivity index (χ1v) is 12.1. The first-order valence-electron chi connectivity index (χ1n) is 10.6. The van der Waals surface area contributed by atoms with Gasteiger partial charge in [-0.25, -0.2) is 9.13 Å². The van der Waals surface area contributed by atoms with Gasteiger partial charge in [-0.2, -0.15) is 0 Å². The summed E-state index contributed by atoms with van der Waals surface area (Å²) in [6, 6.07) is 21.3. The van der Waals surface area contributed by atoms with Crippen molar-refractivity contribution in [2.45, 2.75) is 32.2 Å². The minimum absolute atomic E-state index is 0. The molecule has 0 aliphatic heterocycles. The van der Waals surface area contributed by atoms with Crippen molar-refractivity contribution in [1.29, 1.82) is 0 Å². The first kappa shape index (κ1) is 26.9. The molecule has 3 nitrogen and oxygen atoms in total. The summed E-state index contributed by atoms with van der Waals surface area (Å²) in [6.07, 6.45) is 6.86. The summed E-state index contributed by atoms with van der Waals surface area (Å²) < 4.78 is 10.6. The van der Waals surface area contributed by atoms with Gasteiger partial charge in [0.25, 0.3) is 0 Å². The Bertz CT molecular complexity index is 1210. The summed E-state index contributed by atoms with van der Waals surface area (Å²) in [4.78, 5) is 0. The zero-order valence-corrected chi connectivity index (χ0v) is 22.0. The van der Waals surface area contributed by atoms with Crippen LogP contribution in [0.2, 0.25) is 20.1 Å². The van der Waals surface area contributed by atoms with Crippen LogP contribution in [0.1, 0.15) is 22.8 Å². The average Bonchev–Trinajstić information content (AvgIpc) is 3.24. The van der Waals surface area contributed by atoms with E-state index in [-0.39, 0.29) is 18.5 Å². The van der Waals surface area contributed by atoms with Crippen molar-refractivity contribution in [2.75, 3.05) is 0 Å². The number of benzene rings is 3. The van der Waals surface area contributed by atoms with Crippen LogP contribution in [-0.4, -0.2) is 4.57 Å². The molecule has 0 N–H and O–H groups in total. The quantitative estimate of drug-likeness (QED) is 0.276. The smallest absolute Gasteiger partial charge is 0.243 e. The molecule has 1 heterocycles. The number of ether oxygens (including phenoxy) is 1. The van der Waals surface area contributed by atoms with E-state index in [0.29, 0.717) is 33.2 Å². The Morgan fingerprint density at radius 2 is 1.56 bits per heavy atom. The highest BCUT2D eigenvalue weighted by Gasteiger charge is 2.20. The van der Waals surface area contributed by atoms with Gasteiger partial charge in [-0.3, -0.25) is 0 Å². The van der Waals surface area contributed by atoms with Gasteiger partial charge in [0, 0.05) is 32.1 Å². The lowest BCUT2D eigenvalue weighted by molar-refractivity contribution is -0.704. The van der Waals surface area contributed by atoms with Gasteiger partial charge in [-0.15, -0.1) is 0 Å². The summed E-state index contributed by atoms with van der Waals surface area (Å²) >= 11 is 25.0. The van der Waals surface area contributed by atoms with Crippen LogP contribution in [0.25, 0.3) is 0 Å². The molecule has 4 rings (SSSR count). The van der Waals surface area contributed by atoms with Crippen LogP contribution in [0.4, 0.5) is 0 Å². The summed E-state index contributed by atoms with van der Waals surface area (Å²) in [5.74, 6) is 0. The maximum atomic E-state index is 6.52. The van der Waals surface area contributed by atoms with Crippen LogP contribution in [0, 0.1) is 0 Å². The lowest BCUT2D eigenvalue weighted by Crippen LogP contribution is -3.00. The van der Waals surface area contributed by atoms with Gasteiger partial charge in [0.1, 0.15) is 25.0 Å². The second-order valence-corrected chi connectivity index (χ2v) is 9.47. The summed E-state index contributed by atoms with van der Waals surface area (Å²) in [6.45, 7) is 1.81. The number of imidazole rings is 1. The monoisotopic (exact) mass is 554 g/mol. The van der Waals surface area contributed by atoms with E-state index in [4.69, 9.17) is 51.1 Å². The van der Waals surface area contributed by atoms with E-state index >= 15 is 0 Å². The molecule has 178 valence electrons. The predicted octanol–water partition coefficient (Wildman–Crippen LogP) is 4.59. The molecule has 3 aromatic carbocycles. The van der Waals surface area contributed by atoms with E-state index in [2.05, 4.69) is 45.9 Å². The fraction of sp³-hybridized carbons (Fsp3) is 0.192. The molecule has 0 saturated heterocycles. The second kappa shape index (κ2) is 12.8. The molecular weight excluding hydrogens is 534 g/mol. The molecule has 0 saturated carbocycles. The van der Waals surface area contributed by atoms with E-state index in [9.17, 15) is 0 Å². The molecule has 0 aliphatic carbocycles. The van der Waals surface area contributed by atoms with Crippen LogP contribution in [0.15, 0.2) is 85.5 Å². The highest BCUT2D eigenvalue weighted by Crippen LogP contribution is 2.30.